The molecule has 0 unspecified atom stereocenters. The van der Waals surface area contributed by atoms with Gasteiger partial charge in [-0.2, -0.15) is 0 Å². The summed E-state index contributed by atoms with van der Waals surface area (Å²) in [5, 5.41) is 3.65. The Kier molecular flexibility index (Phi) is 14.7. The summed E-state index contributed by atoms with van der Waals surface area (Å²) in [6.45, 7) is 5.94. The summed E-state index contributed by atoms with van der Waals surface area (Å²) in [6, 6.07) is 13.6. The van der Waals surface area contributed by atoms with Crippen LogP contribution in [0, 0.1) is 0 Å². The zero-order chi connectivity index (χ0) is 27.7. The van der Waals surface area contributed by atoms with Gasteiger partial charge in [-0.15, -0.1) is 11.8 Å². The highest BCUT2D eigenvalue weighted by Gasteiger charge is 2.12. The quantitative estimate of drug-likeness (QED) is 0.171. The number of ether oxygens (including phenoxy) is 1. The van der Waals surface area contributed by atoms with Crippen LogP contribution in [0.25, 0.3) is 0 Å². The topological polar surface area (TPSA) is 41.6 Å². The fourth-order valence-electron chi connectivity index (χ4n) is 4.85. The molecule has 214 valence electrons. The molecule has 2 aromatic carbocycles. The van der Waals surface area contributed by atoms with Crippen molar-refractivity contribution in [3.05, 3.63) is 69.7 Å². The monoisotopic (exact) mass is 570 g/mol. The summed E-state index contributed by atoms with van der Waals surface area (Å²) in [5.74, 6) is 1.65. The normalized spacial score (nSPS) is 13.0. The fourth-order valence-corrected chi connectivity index (χ4v) is 5.77. The van der Waals surface area contributed by atoms with Gasteiger partial charge in [0, 0.05) is 29.0 Å². The predicted molar refractivity (Wildman–Crippen MR) is 169 cm³/mol. The number of allylic oxidation sites excluding steroid dienone is 1. The summed E-state index contributed by atoms with van der Waals surface area (Å²) in [5.41, 5.74) is 2.89. The van der Waals surface area contributed by atoms with Crippen molar-refractivity contribution < 1.29 is 9.53 Å². The van der Waals surface area contributed by atoms with Crippen molar-refractivity contribution in [1.82, 2.24) is 4.90 Å². The van der Waals surface area contributed by atoms with Gasteiger partial charge in [-0.3, -0.25) is 4.79 Å². The largest absolute Gasteiger partial charge is 0.493 e. The van der Waals surface area contributed by atoms with Crippen LogP contribution in [0.2, 0.25) is 5.02 Å². The molecule has 0 radical (unpaired) electrons. The van der Waals surface area contributed by atoms with Gasteiger partial charge in [0.25, 0.3) is 0 Å². The highest BCUT2D eigenvalue weighted by atomic mass is 35.5. The molecule has 1 amide bonds. The fraction of sp³-hybridized carbons (Fsp3) is 0.545. The molecule has 1 N–H and O–H groups in total. The molecule has 1 aliphatic rings. The molecule has 6 heteroatoms. The Morgan fingerprint density at radius 2 is 1.56 bits per heavy atom. The first-order valence-electron chi connectivity index (χ1n) is 14.9. The van der Waals surface area contributed by atoms with Crippen LogP contribution in [-0.2, 0) is 17.8 Å². The van der Waals surface area contributed by atoms with Crippen molar-refractivity contribution >= 4 is 35.0 Å². The minimum absolute atomic E-state index is 0.0604. The molecular formula is C33H47ClN2O2S. The van der Waals surface area contributed by atoms with Crippen LogP contribution >= 0.6 is 23.4 Å². The summed E-state index contributed by atoms with van der Waals surface area (Å²) in [7, 11) is 0. The molecule has 4 nitrogen and oxygen atoms in total. The first kappa shape index (κ1) is 31.4. The van der Waals surface area contributed by atoms with Gasteiger partial charge in [0.2, 0.25) is 5.91 Å². The number of halogens is 1. The Bertz CT molecular complexity index is 1020. The lowest BCUT2D eigenvalue weighted by molar-refractivity contribution is -0.115. The maximum Gasteiger partial charge on any atom is 0.228 e. The summed E-state index contributed by atoms with van der Waals surface area (Å²) in [6.07, 6.45) is 18.2. The molecule has 0 aliphatic carbocycles. The van der Waals surface area contributed by atoms with Crippen LogP contribution in [0.1, 0.15) is 102 Å². The number of hydrogen-bond acceptors (Lipinski definition) is 4. The molecule has 0 spiro atoms. The third-order valence-electron chi connectivity index (χ3n) is 7.08. The zero-order valence-electron chi connectivity index (χ0n) is 24.0. The van der Waals surface area contributed by atoms with E-state index in [1.54, 1.807) is 0 Å². The summed E-state index contributed by atoms with van der Waals surface area (Å²) >= 11 is 8.10. The van der Waals surface area contributed by atoms with Crippen LogP contribution in [-0.4, -0.2) is 23.3 Å². The molecule has 0 atom stereocenters. The van der Waals surface area contributed by atoms with E-state index < -0.39 is 0 Å². The summed E-state index contributed by atoms with van der Waals surface area (Å²) in [4.78, 5) is 16.4. The number of anilines is 1. The van der Waals surface area contributed by atoms with E-state index >= 15 is 0 Å². The number of thioether (sulfide) groups is 1. The van der Waals surface area contributed by atoms with Crippen molar-refractivity contribution in [3.63, 3.8) is 0 Å². The Morgan fingerprint density at radius 3 is 2.18 bits per heavy atom. The zero-order valence-corrected chi connectivity index (χ0v) is 25.6. The number of nitrogens with one attached hydrogen (secondary N) is 1. The highest BCUT2D eigenvalue weighted by molar-refractivity contribution is 8.03. The van der Waals surface area contributed by atoms with Crippen LogP contribution in [0.4, 0.5) is 5.69 Å². The van der Waals surface area contributed by atoms with Crippen molar-refractivity contribution in [3.8, 4) is 5.75 Å². The van der Waals surface area contributed by atoms with E-state index in [4.69, 9.17) is 16.3 Å². The molecule has 1 aliphatic heterocycles. The maximum absolute atomic E-state index is 12.8. The van der Waals surface area contributed by atoms with Crippen molar-refractivity contribution in [2.45, 2.75) is 104 Å². The molecule has 39 heavy (non-hydrogen) atoms. The lowest BCUT2D eigenvalue weighted by Crippen LogP contribution is -2.15. The van der Waals surface area contributed by atoms with E-state index in [-0.39, 0.29) is 12.3 Å². The van der Waals surface area contributed by atoms with E-state index in [1.807, 2.05) is 42.1 Å². The smallest absolute Gasteiger partial charge is 0.228 e. The number of unbranched alkanes of at least 4 members (excludes halogenated alkanes) is 11. The Hall–Kier alpha value is -2.11. The van der Waals surface area contributed by atoms with Crippen molar-refractivity contribution in [2.24, 2.45) is 0 Å². The third-order valence-corrected chi connectivity index (χ3v) is 8.34. The lowest BCUT2D eigenvalue weighted by Gasteiger charge is -2.15. The molecule has 2 aromatic rings. The van der Waals surface area contributed by atoms with Crippen molar-refractivity contribution in [1.29, 1.82) is 0 Å². The number of carbonyl (C=O) groups is 1. The van der Waals surface area contributed by atoms with E-state index in [1.165, 1.54) is 81.1 Å². The second-order valence-corrected chi connectivity index (χ2v) is 12.3. The summed E-state index contributed by atoms with van der Waals surface area (Å²) < 4.78 is 6.07. The molecule has 0 saturated carbocycles. The standard InChI is InChI=1S/C33H47ClN2O2S/c1-3-4-5-6-7-8-9-10-11-12-13-14-21-38-32-23-30(34)18-17-29(32)22-33(37)35-31-19-15-28(16-20-31)25-36-24-27(2)39-26-36/h15-20,23-24H,3-14,21-22,25-26H2,1-2H3,(H,35,37). The van der Waals surface area contributed by atoms with E-state index in [0.29, 0.717) is 17.4 Å². The van der Waals surface area contributed by atoms with Crippen LogP contribution < -0.4 is 10.1 Å². The number of nitrogens with zero attached hydrogens (tertiary/aromatic N) is 1. The second kappa shape index (κ2) is 18.3. The van der Waals surface area contributed by atoms with Gasteiger partial charge in [-0.05, 0) is 48.1 Å². The average Bonchev–Trinajstić information content (AvgIpc) is 3.33. The predicted octanol–water partition coefficient (Wildman–Crippen LogP) is 9.97. The Balaban J connectivity index is 1.33. The van der Waals surface area contributed by atoms with Gasteiger partial charge in [-0.25, -0.2) is 0 Å². The van der Waals surface area contributed by atoms with Crippen molar-refractivity contribution in [2.75, 3.05) is 17.8 Å². The minimum Gasteiger partial charge on any atom is -0.493 e. The molecule has 0 aromatic heterocycles. The first-order chi connectivity index (χ1) is 19.0. The number of hydrogen-bond donors (Lipinski definition) is 1. The van der Waals surface area contributed by atoms with E-state index in [9.17, 15) is 4.79 Å². The molecule has 0 saturated heterocycles. The number of carbonyl (C=O) groups excluding carboxylic acids is 1. The Morgan fingerprint density at radius 1 is 0.923 bits per heavy atom. The van der Waals surface area contributed by atoms with E-state index in [2.05, 4.69) is 42.4 Å². The molecule has 0 fully saturated rings. The molecule has 3 rings (SSSR count). The first-order valence-corrected chi connectivity index (χ1v) is 16.2. The highest BCUT2D eigenvalue weighted by Crippen LogP contribution is 2.27. The van der Waals surface area contributed by atoms with Crippen LogP contribution in [0.15, 0.2) is 53.6 Å². The van der Waals surface area contributed by atoms with Gasteiger partial charge in [0.15, 0.2) is 0 Å². The second-order valence-electron chi connectivity index (χ2n) is 10.7. The molecule has 1 heterocycles. The van der Waals surface area contributed by atoms with Gasteiger partial charge >= 0.3 is 0 Å². The molecule has 0 bridgehead atoms. The van der Waals surface area contributed by atoms with Crippen LogP contribution in [0.5, 0.6) is 5.75 Å². The number of rotatable bonds is 19. The third kappa shape index (κ3) is 12.7. The van der Waals surface area contributed by atoms with E-state index in [0.717, 1.165) is 30.1 Å². The number of amides is 1. The van der Waals surface area contributed by atoms with Gasteiger partial charge in [-0.1, -0.05) is 107 Å². The van der Waals surface area contributed by atoms with Crippen LogP contribution in [0.3, 0.4) is 0 Å². The maximum atomic E-state index is 12.8. The van der Waals surface area contributed by atoms with Gasteiger partial charge in [0.05, 0.1) is 18.9 Å². The number of benzene rings is 2. The molecular weight excluding hydrogens is 524 g/mol. The average molecular weight is 571 g/mol. The van der Waals surface area contributed by atoms with Gasteiger partial charge < -0.3 is 15.0 Å². The SMILES string of the molecule is CCCCCCCCCCCCCCOc1cc(Cl)ccc1CC(=O)Nc1ccc(CN2C=C(C)SC2)cc1. The minimum atomic E-state index is -0.0604. The van der Waals surface area contributed by atoms with Gasteiger partial charge in [0.1, 0.15) is 5.75 Å². The Labute approximate surface area is 245 Å². The lowest BCUT2D eigenvalue weighted by atomic mass is 10.1.